The van der Waals surface area contributed by atoms with Gasteiger partial charge in [-0.2, -0.15) is 4.31 Å². The molecular formula is C18H23N3O5S2. The van der Waals surface area contributed by atoms with Crippen molar-refractivity contribution < 1.29 is 21.6 Å². The molecular weight excluding hydrogens is 402 g/mol. The van der Waals surface area contributed by atoms with Crippen LogP contribution in [0.15, 0.2) is 53.6 Å². The minimum Gasteiger partial charge on any atom is -0.474 e. The van der Waals surface area contributed by atoms with Crippen LogP contribution in [0.3, 0.4) is 0 Å². The lowest BCUT2D eigenvalue weighted by molar-refractivity contribution is 0.130. The van der Waals surface area contributed by atoms with E-state index >= 15 is 0 Å². The fraction of sp³-hybridized carbons (Fsp3) is 0.389. The Morgan fingerprint density at radius 1 is 1.07 bits per heavy atom. The SMILES string of the molecule is CCS(=O)(=O)Nc1ccc(OC2CCN(S(=O)(=O)c3ccccc3)CC2)nc1. The molecule has 3 rings (SSSR count). The molecule has 1 aromatic carbocycles. The highest BCUT2D eigenvalue weighted by atomic mass is 32.2. The molecule has 0 atom stereocenters. The first-order valence-corrected chi connectivity index (χ1v) is 12.1. The van der Waals surface area contributed by atoms with E-state index in [4.69, 9.17) is 4.74 Å². The number of hydrogen-bond acceptors (Lipinski definition) is 6. The number of nitrogens with zero attached hydrogens (tertiary/aromatic N) is 2. The van der Waals surface area contributed by atoms with Crippen molar-refractivity contribution in [3.8, 4) is 5.88 Å². The second-order valence-corrected chi connectivity index (χ2v) is 10.4. The molecule has 152 valence electrons. The van der Waals surface area contributed by atoms with Gasteiger partial charge in [-0.15, -0.1) is 0 Å². The van der Waals surface area contributed by atoms with Crippen LogP contribution in [0, 0.1) is 0 Å². The van der Waals surface area contributed by atoms with Gasteiger partial charge in [-0.05, 0) is 38.0 Å². The van der Waals surface area contributed by atoms with Gasteiger partial charge in [0, 0.05) is 19.2 Å². The maximum Gasteiger partial charge on any atom is 0.243 e. The van der Waals surface area contributed by atoms with Gasteiger partial charge in [0.05, 0.1) is 22.5 Å². The van der Waals surface area contributed by atoms with Gasteiger partial charge in [0.2, 0.25) is 25.9 Å². The minimum atomic E-state index is -3.49. The summed E-state index contributed by atoms with van der Waals surface area (Å²) in [4.78, 5) is 4.42. The average molecular weight is 426 g/mol. The van der Waals surface area contributed by atoms with E-state index in [-0.39, 0.29) is 11.9 Å². The van der Waals surface area contributed by atoms with Crippen molar-refractivity contribution in [2.75, 3.05) is 23.6 Å². The van der Waals surface area contributed by atoms with Gasteiger partial charge in [0.15, 0.2) is 0 Å². The Morgan fingerprint density at radius 3 is 2.32 bits per heavy atom. The lowest BCUT2D eigenvalue weighted by atomic mass is 10.1. The van der Waals surface area contributed by atoms with Crippen LogP contribution in [0.2, 0.25) is 0 Å². The summed E-state index contributed by atoms with van der Waals surface area (Å²) in [7, 11) is -6.84. The Kier molecular flexibility index (Phi) is 6.21. The highest BCUT2D eigenvalue weighted by Gasteiger charge is 2.30. The molecule has 0 amide bonds. The maximum atomic E-state index is 12.6. The summed E-state index contributed by atoms with van der Waals surface area (Å²) in [5.41, 5.74) is 0.373. The molecule has 2 aromatic rings. The van der Waals surface area contributed by atoms with Crippen LogP contribution in [-0.2, 0) is 20.0 Å². The third kappa shape index (κ3) is 5.00. The third-order valence-electron chi connectivity index (χ3n) is 4.46. The molecule has 2 heterocycles. The van der Waals surface area contributed by atoms with Crippen LogP contribution < -0.4 is 9.46 Å². The molecule has 0 saturated carbocycles. The molecule has 1 saturated heterocycles. The summed E-state index contributed by atoms with van der Waals surface area (Å²) in [6.07, 6.45) is 2.36. The fourth-order valence-corrected chi connectivity index (χ4v) is 4.98. The first-order chi connectivity index (χ1) is 13.3. The van der Waals surface area contributed by atoms with E-state index < -0.39 is 20.0 Å². The van der Waals surface area contributed by atoms with E-state index in [1.807, 2.05) is 0 Å². The second-order valence-electron chi connectivity index (χ2n) is 6.42. The Balaban J connectivity index is 1.56. The molecule has 10 heteroatoms. The second kappa shape index (κ2) is 8.46. The van der Waals surface area contributed by atoms with Gasteiger partial charge < -0.3 is 4.74 Å². The van der Waals surface area contributed by atoms with Gasteiger partial charge in [-0.1, -0.05) is 18.2 Å². The quantitative estimate of drug-likeness (QED) is 0.728. The number of anilines is 1. The summed E-state index contributed by atoms with van der Waals surface area (Å²) in [5, 5.41) is 0. The molecule has 0 aliphatic carbocycles. The Bertz CT molecular complexity index is 985. The number of rotatable bonds is 7. The number of sulfonamides is 2. The van der Waals surface area contributed by atoms with Crippen molar-refractivity contribution >= 4 is 25.7 Å². The van der Waals surface area contributed by atoms with E-state index in [2.05, 4.69) is 9.71 Å². The molecule has 1 N–H and O–H groups in total. The van der Waals surface area contributed by atoms with Crippen molar-refractivity contribution in [1.82, 2.24) is 9.29 Å². The lowest BCUT2D eigenvalue weighted by Gasteiger charge is -2.31. The Morgan fingerprint density at radius 2 is 1.75 bits per heavy atom. The number of piperidine rings is 1. The van der Waals surface area contributed by atoms with Gasteiger partial charge >= 0.3 is 0 Å². The zero-order chi connectivity index (χ0) is 20.2. The zero-order valence-corrected chi connectivity index (χ0v) is 17.1. The smallest absolute Gasteiger partial charge is 0.243 e. The van der Waals surface area contributed by atoms with E-state index in [1.165, 1.54) is 10.5 Å². The standard InChI is InChI=1S/C18H23N3O5S2/c1-2-27(22,23)20-15-8-9-18(19-14-15)26-16-10-12-21(13-11-16)28(24,25)17-6-4-3-5-7-17/h3-9,14,16,20H,2,10-13H2,1H3. The monoisotopic (exact) mass is 425 g/mol. The largest absolute Gasteiger partial charge is 0.474 e. The van der Waals surface area contributed by atoms with E-state index in [0.29, 0.717) is 42.4 Å². The summed E-state index contributed by atoms with van der Waals surface area (Å²) >= 11 is 0. The first kappa shape index (κ1) is 20.6. The van der Waals surface area contributed by atoms with Crippen molar-refractivity contribution in [1.29, 1.82) is 0 Å². The fourth-order valence-electron chi connectivity index (χ4n) is 2.86. The number of ether oxygens (including phenoxy) is 1. The van der Waals surface area contributed by atoms with E-state index in [1.54, 1.807) is 49.4 Å². The number of nitrogens with one attached hydrogen (secondary N) is 1. The zero-order valence-electron chi connectivity index (χ0n) is 15.5. The van der Waals surface area contributed by atoms with Gasteiger partial charge in [-0.3, -0.25) is 4.72 Å². The number of pyridine rings is 1. The molecule has 1 aliphatic rings. The van der Waals surface area contributed by atoms with Crippen molar-refractivity contribution in [2.45, 2.75) is 30.8 Å². The van der Waals surface area contributed by atoms with Gasteiger partial charge in [-0.25, -0.2) is 21.8 Å². The minimum absolute atomic E-state index is 0.0181. The third-order valence-corrected chi connectivity index (χ3v) is 7.68. The van der Waals surface area contributed by atoms with Crippen molar-refractivity contribution in [3.63, 3.8) is 0 Å². The molecule has 1 aliphatic heterocycles. The predicted octanol–water partition coefficient (Wildman–Crippen LogP) is 2.08. The highest BCUT2D eigenvalue weighted by molar-refractivity contribution is 7.92. The van der Waals surface area contributed by atoms with Crippen LogP contribution in [0.5, 0.6) is 5.88 Å². The molecule has 0 unspecified atom stereocenters. The summed E-state index contributed by atoms with van der Waals surface area (Å²) < 4.78 is 58.1. The lowest BCUT2D eigenvalue weighted by Crippen LogP contribution is -2.41. The number of benzene rings is 1. The molecule has 0 spiro atoms. The van der Waals surface area contributed by atoms with Crippen LogP contribution in [0.1, 0.15) is 19.8 Å². The molecule has 1 fully saturated rings. The van der Waals surface area contributed by atoms with Crippen LogP contribution in [0.4, 0.5) is 5.69 Å². The average Bonchev–Trinajstić information content (AvgIpc) is 2.70. The molecule has 28 heavy (non-hydrogen) atoms. The molecule has 0 bridgehead atoms. The topological polar surface area (TPSA) is 106 Å². The molecule has 8 nitrogen and oxygen atoms in total. The predicted molar refractivity (Wildman–Crippen MR) is 106 cm³/mol. The van der Waals surface area contributed by atoms with Crippen LogP contribution in [0.25, 0.3) is 0 Å². The Hall–Kier alpha value is -2.17. The maximum absolute atomic E-state index is 12.6. The van der Waals surface area contributed by atoms with Gasteiger partial charge in [0.25, 0.3) is 0 Å². The van der Waals surface area contributed by atoms with Crippen LogP contribution in [-0.4, -0.2) is 51.1 Å². The Labute approximate surface area is 165 Å². The molecule has 0 radical (unpaired) electrons. The summed E-state index contributed by atoms with van der Waals surface area (Å²) in [5.74, 6) is 0.360. The van der Waals surface area contributed by atoms with Gasteiger partial charge in [0.1, 0.15) is 6.10 Å². The number of hydrogen-bond donors (Lipinski definition) is 1. The van der Waals surface area contributed by atoms with Crippen molar-refractivity contribution in [2.24, 2.45) is 0 Å². The highest BCUT2D eigenvalue weighted by Crippen LogP contribution is 2.23. The van der Waals surface area contributed by atoms with Crippen LogP contribution >= 0.6 is 0 Å². The summed E-state index contributed by atoms with van der Waals surface area (Å²) in [6.45, 7) is 2.30. The number of aromatic nitrogens is 1. The normalized spacial score (nSPS) is 16.6. The van der Waals surface area contributed by atoms with E-state index in [9.17, 15) is 16.8 Å². The molecule has 1 aromatic heterocycles. The summed E-state index contributed by atoms with van der Waals surface area (Å²) in [6, 6.07) is 11.6. The van der Waals surface area contributed by atoms with E-state index in [0.717, 1.165) is 0 Å². The first-order valence-electron chi connectivity index (χ1n) is 8.98. The van der Waals surface area contributed by atoms with Crippen molar-refractivity contribution in [3.05, 3.63) is 48.7 Å².